The minimum Gasteiger partial charge on any atom is -0.394 e. The Morgan fingerprint density at radius 1 is 1.40 bits per heavy atom. The molecule has 1 aliphatic heterocycles. The maximum Gasteiger partial charge on any atom is 0.0965 e. The quantitative estimate of drug-likeness (QED) is 0.876. The summed E-state index contributed by atoms with van der Waals surface area (Å²) in [5.41, 5.74) is 2.29. The van der Waals surface area contributed by atoms with Gasteiger partial charge in [0.05, 0.1) is 18.8 Å². The Bertz CT molecular complexity index is 572. The van der Waals surface area contributed by atoms with Gasteiger partial charge in [0.2, 0.25) is 0 Å². The monoisotopic (exact) mass is 290 g/mol. The van der Waals surface area contributed by atoms with Crippen molar-refractivity contribution in [1.29, 1.82) is 0 Å². The molecule has 0 bridgehead atoms. The molecular formula is C14H18N4OS. The third-order valence-electron chi connectivity index (χ3n) is 3.40. The molecule has 0 spiro atoms. The zero-order valence-corrected chi connectivity index (χ0v) is 12.0. The van der Waals surface area contributed by atoms with E-state index in [9.17, 15) is 0 Å². The lowest BCUT2D eigenvalue weighted by Gasteiger charge is -2.25. The van der Waals surface area contributed by atoms with Crippen LogP contribution in [0.4, 0.5) is 0 Å². The van der Waals surface area contributed by atoms with E-state index in [0.29, 0.717) is 19.1 Å². The maximum atomic E-state index is 8.87. The van der Waals surface area contributed by atoms with Crippen LogP contribution in [0.2, 0.25) is 0 Å². The van der Waals surface area contributed by atoms with Crippen molar-refractivity contribution in [2.24, 2.45) is 0 Å². The highest BCUT2D eigenvalue weighted by molar-refractivity contribution is 7.99. The molecule has 1 aromatic heterocycles. The number of benzene rings is 1. The van der Waals surface area contributed by atoms with E-state index in [-0.39, 0.29) is 6.61 Å². The number of thioether (sulfide) groups is 1. The first kappa shape index (κ1) is 13.6. The fraction of sp³-hybridized carbons (Fsp3) is 0.429. The molecule has 2 aromatic rings. The molecule has 6 heteroatoms. The zero-order chi connectivity index (χ0) is 13.8. The summed E-state index contributed by atoms with van der Waals surface area (Å²) < 4.78 is 1.67. The normalized spacial score (nSPS) is 17.9. The molecule has 0 saturated carbocycles. The summed E-state index contributed by atoms with van der Waals surface area (Å²) in [6.07, 6.45) is 3.01. The smallest absolute Gasteiger partial charge is 0.0965 e. The highest BCUT2D eigenvalue weighted by atomic mass is 32.2. The van der Waals surface area contributed by atoms with Crippen molar-refractivity contribution in [2.75, 3.05) is 12.4 Å². The second-order valence-corrected chi connectivity index (χ2v) is 5.94. The first-order valence-corrected chi connectivity index (χ1v) is 7.80. The summed E-state index contributed by atoms with van der Waals surface area (Å²) in [5.74, 6) is 1.14. The van der Waals surface area contributed by atoms with Gasteiger partial charge in [0.1, 0.15) is 0 Å². The fourth-order valence-electron chi connectivity index (χ4n) is 2.41. The highest BCUT2D eigenvalue weighted by Crippen LogP contribution is 2.35. The Labute approximate surface area is 122 Å². The Morgan fingerprint density at radius 2 is 2.30 bits per heavy atom. The molecule has 1 aromatic carbocycles. The second-order valence-electron chi connectivity index (χ2n) is 4.81. The van der Waals surface area contributed by atoms with Gasteiger partial charge >= 0.3 is 0 Å². The number of aromatic nitrogens is 3. The van der Waals surface area contributed by atoms with Gasteiger partial charge in [0.15, 0.2) is 0 Å². The lowest BCUT2D eigenvalue weighted by Crippen LogP contribution is -2.24. The minimum absolute atomic E-state index is 0.0868. The largest absolute Gasteiger partial charge is 0.394 e. The standard InChI is InChI=1S/C14H18N4OS/c19-7-6-18-10-11(16-17-18)9-15-13-5-8-20-14-4-2-1-3-12(13)14/h1-4,10,13,15,19H,5-9H2. The molecule has 1 unspecified atom stereocenters. The predicted molar refractivity (Wildman–Crippen MR) is 78.5 cm³/mol. The van der Waals surface area contributed by atoms with E-state index in [1.807, 2.05) is 18.0 Å². The van der Waals surface area contributed by atoms with Crippen LogP contribution in [0.25, 0.3) is 0 Å². The first-order valence-electron chi connectivity index (χ1n) is 6.82. The SMILES string of the molecule is OCCn1cc(CNC2CCSc3ccccc32)nn1. The van der Waals surface area contributed by atoms with Gasteiger partial charge in [-0.1, -0.05) is 23.4 Å². The Balaban J connectivity index is 1.64. The number of hydrogen-bond donors (Lipinski definition) is 2. The van der Waals surface area contributed by atoms with Crippen molar-refractivity contribution < 1.29 is 5.11 Å². The summed E-state index contributed by atoms with van der Waals surface area (Å²) in [4.78, 5) is 1.38. The molecule has 0 saturated heterocycles. The molecule has 0 radical (unpaired) electrons. The van der Waals surface area contributed by atoms with Gasteiger partial charge < -0.3 is 10.4 Å². The molecule has 106 valence electrons. The molecule has 0 amide bonds. The summed E-state index contributed by atoms with van der Waals surface area (Å²) in [7, 11) is 0. The van der Waals surface area contributed by atoms with Crippen molar-refractivity contribution in [1.82, 2.24) is 20.3 Å². The number of hydrogen-bond acceptors (Lipinski definition) is 5. The van der Waals surface area contributed by atoms with Gasteiger partial charge in [-0.2, -0.15) is 0 Å². The number of rotatable bonds is 5. The molecule has 2 heterocycles. The van der Waals surface area contributed by atoms with Crippen LogP contribution in [0, 0.1) is 0 Å². The minimum atomic E-state index is 0.0868. The Hall–Kier alpha value is -1.37. The summed E-state index contributed by atoms with van der Waals surface area (Å²) in [5, 5.41) is 20.5. The summed E-state index contributed by atoms with van der Waals surface area (Å²) in [6.45, 7) is 1.29. The van der Waals surface area contributed by atoms with Crippen molar-refractivity contribution in [2.45, 2.75) is 30.4 Å². The van der Waals surface area contributed by atoms with E-state index in [1.54, 1.807) is 4.68 Å². The second kappa shape index (κ2) is 6.39. The first-order chi connectivity index (χ1) is 9.86. The molecule has 20 heavy (non-hydrogen) atoms. The summed E-state index contributed by atoms with van der Waals surface area (Å²) >= 11 is 1.92. The van der Waals surface area contributed by atoms with Crippen LogP contribution in [-0.2, 0) is 13.1 Å². The van der Waals surface area contributed by atoms with Crippen LogP contribution >= 0.6 is 11.8 Å². The lowest BCUT2D eigenvalue weighted by atomic mass is 10.0. The van der Waals surface area contributed by atoms with Gasteiger partial charge in [0, 0.05) is 23.7 Å². The van der Waals surface area contributed by atoms with E-state index in [1.165, 1.54) is 10.5 Å². The van der Waals surface area contributed by atoms with Crippen molar-refractivity contribution in [3.8, 4) is 0 Å². The number of nitrogens with one attached hydrogen (secondary N) is 1. The molecule has 0 aliphatic carbocycles. The fourth-order valence-corrected chi connectivity index (χ4v) is 3.54. The van der Waals surface area contributed by atoms with Crippen LogP contribution < -0.4 is 5.32 Å². The number of aliphatic hydroxyl groups excluding tert-OH is 1. The van der Waals surface area contributed by atoms with Gasteiger partial charge in [0.25, 0.3) is 0 Å². The highest BCUT2D eigenvalue weighted by Gasteiger charge is 2.19. The summed E-state index contributed by atoms with van der Waals surface area (Å²) in [6, 6.07) is 8.95. The van der Waals surface area contributed by atoms with Gasteiger partial charge in [-0.3, -0.25) is 0 Å². The molecule has 0 fully saturated rings. The lowest BCUT2D eigenvalue weighted by molar-refractivity contribution is 0.268. The van der Waals surface area contributed by atoms with E-state index in [4.69, 9.17) is 5.11 Å². The van der Waals surface area contributed by atoms with Gasteiger partial charge in [-0.05, 0) is 23.8 Å². The van der Waals surface area contributed by atoms with Crippen LogP contribution in [0.15, 0.2) is 35.4 Å². The van der Waals surface area contributed by atoms with Crippen LogP contribution in [0.1, 0.15) is 23.7 Å². The van der Waals surface area contributed by atoms with E-state index < -0.39 is 0 Å². The average molecular weight is 290 g/mol. The van der Waals surface area contributed by atoms with Crippen molar-refractivity contribution in [3.63, 3.8) is 0 Å². The maximum absolute atomic E-state index is 8.87. The van der Waals surface area contributed by atoms with Crippen LogP contribution in [0.5, 0.6) is 0 Å². The van der Waals surface area contributed by atoms with Gasteiger partial charge in [-0.25, -0.2) is 4.68 Å². The molecule has 3 rings (SSSR count). The van der Waals surface area contributed by atoms with E-state index >= 15 is 0 Å². The molecular weight excluding hydrogens is 272 g/mol. The number of aliphatic hydroxyl groups is 1. The van der Waals surface area contributed by atoms with E-state index in [2.05, 4.69) is 39.9 Å². The third kappa shape index (κ3) is 3.03. The third-order valence-corrected chi connectivity index (χ3v) is 4.53. The van der Waals surface area contributed by atoms with Gasteiger partial charge in [-0.15, -0.1) is 16.9 Å². The Morgan fingerprint density at radius 3 is 3.20 bits per heavy atom. The predicted octanol–water partition coefficient (Wildman–Crippen LogP) is 1.60. The average Bonchev–Trinajstić information content (AvgIpc) is 2.93. The topological polar surface area (TPSA) is 63.0 Å². The number of fused-ring (bicyclic) bond motifs is 1. The number of nitrogens with zero attached hydrogens (tertiary/aromatic N) is 3. The van der Waals surface area contributed by atoms with Crippen molar-refractivity contribution in [3.05, 3.63) is 41.7 Å². The molecule has 5 nitrogen and oxygen atoms in total. The molecule has 1 atom stereocenters. The Kier molecular flexibility index (Phi) is 4.34. The molecule has 1 aliphatic rings. The van der Waals surface area contributed by atoms with Crippen LogP contribution in [0.3, 0.4) is 0 Å². The molecule has 2 N–H and O–H groups in total. The van der Waals surface area contributed by atoms with Crippen molar-refractivity contribution >= 4 is 11.8 Å². The van der Waals surface area contributed by atoms with E-state index in [0.717, 1.165) is 17.9 Å². The van der Waals surface area contributed by atoms with Crippen LogP contribution in [-0.4, -0.2) is 32.5 Å². The zero-order valence-electron chi connectivity index (χ0n) is 11.2.